The lowest BCUT2D eigenvalue weighted by Crippen LogP contribution is -2.47. The Bertz CT molecular complexity index is 797. The van der Waals surface area contributed by atoms with Crippen LogP contribution in [-0.2, 0) is 19.3 Å². The van der Waals surface area contributed by atoms with E-state index in [1.165, 1.54) is 0 Å². The van der Waals surface area contributed by atoms with Crippen LogP contribution in [0.5, 0.6) is 0 Å². The van der Waals surface area contributed by atoms with E-state index in [1.807, 2.05) is 11.9 Å². The van der Waals surface area contributed by atoms with E-state index in [2.05, 4.69) is 10.2 Å². The summed E-state index contributed by atoms with van der Waals surface area (Å²) in [5.41, 5.74) is 0.287. The minimum atomic E-state index is -2.97. The van der Waals surface area contributed by atoms with Gasteiger partial charge in [0.1, 0.15) is 0 Å². The van der Waals surface area contributed by atoms with Crippen molar-refractivity contribution in [1.29, 1.82) is 0 Å². The molecule has 3 saturated heterocycles. The van der Waals surface area contributed by atoms with Gasteiger partial charge in [-0.25, -0.2) is 8.42 Å². The Labute approximate surface area is 158 Å². The molecule has 4 heterocycles. The smallest absolute Gasteiger partial charge is 0.274 e. The molecule has 3 aliphatic rings. The van der Waals surface area contributed by atoms with Crippen LogP contribution in [0.3, 0.4) is 0 Å². The second-order valence-electron chi connectivity index (χ2n) is 7.34. The predicted octanol–water partition coefficient (Wildman–Crippen LogP) is 0.0790. The second kappa shape index (κ2) is 6.99. The SMILES string of the molecule is CN(c1ccc(C(=O)N2CCC3(CC2)OCCO3)nn1)C1CCS(=O)(=O)C1. The van der Waals surface area contributed by atoms with Gasteiger partial charge in [-0.15, -0.1) is 10.2 Å². The summed E-state index contributed by atoms with van der Waals surface area (Å²) in [6, 6.07) is 3.27. The first-order chi connectivity index (χ1) is 12.9. The number of anilines is 1. The standard InChI is InChI=1S/C17H24N4O5S/c1-20(13-4-11-27(23,24)12-13)15-3-2-14(18-19-15)16(22)21-7-5-17(6-8-21)25-9-10-26-17/h2-3,13H,4-12H2,1H3. The van der Waals surface area contributed by atoms with E-state index in [4.69, 9.17) is 9.47 Å². The monoisotopic (exact) mass is 396 g/mol. The molecule has 0 saturated carbocycles. The Morgan fingerprint density at radius 1 is 1.22 bits per heavy atom. The number of ether oxygens (including phenoxy) is 2. The molecule has 27 heavy (non-hydrogen) atoms. The Hall–Kier alpha value is -1.78. The molecule has 0 bridgehead atoms. The normalized spacial score (nSPS) is 26.4. The summed E-state index contributed by atoms with van der Waals surface area (Å²) >= 11 is 0. The highest BCUT2D eigenvalue weighted by Gasteiger charge is 2.41. The van der Waals surface area contributed by atoms with Crippen LogP contribution >= 0.6 is 0 Å². The van der Waals surface area contributed by atoms with Crippen LogP contribution in [-0.4, -0.2) is 86.1 Å². The molecule has 1 atom stereocenters. The van der Waals surface area contributed by atoms with Crippen molar-refractivity contribution in [3.8, 4) is 0 Å². The van der Waals surface area contributed by atoms with Gasteiger partial charge in [-0.05, 0) is 18.6 Å². The highest BCUT2D eigenvalue weighted by Crippen LogP contribution is 2.31. The molecule has 1 aromatic heterocycles. The van der Waals surface area contributed by atoms with Gasteiger partial charge in [-0.2, -0.15) is 0 Å². The van der Waals surface area contributed by atoms with Crippen molar-refractivity contribution in [3.63, 3.8) is 0 Å². The zero-order valence-corrected chi connectivity index (χ0v) is 16.2. The van der Waals surface area contributed by atoms with E-state index in [1.54, 1.807) is 17.0 Å². The number of hydrogen-bond acceptors (Lipinski definition) is 8. The number of carbonyl (C=O) groups is 1. The van der Waals surface area contributed by atoms with Crippen molar-refractivity contribution in [1.82, 2.24) is 15.1 Å². The third kappa shape index (κ3) is 3.78. The zero-order chi connectivity index (χ0) is 19.1. The molecule has 148 valence electrons. The second-order valence-corrected chi connectivity index (χ2v) is 9.57. The summed E-state index contributed by atoms with van der Waals surface area (Å²) in [5.74, 6) is 0.227. The Kier molecular flexibility index (Phi) is 4.81. The molecule has 4 rings (SSSR count). The number of piperidine rings is 1. The number of amides is 1. The van der Waals surface area contributed by atoms with Crippen molar-refractivity contribution in [3.05, 3.63) is 17.8 Å². The summed E-state index contributed by atoms with van der Waals surface area (Å²) < 4.78 is 34.7. The minimum absolute atomic E-state index is 0.101. The van der Waals surface area contributed by atoms with Gasteiger partial charge in [0.25, 0.3) is 5.91 Å². The van der Waals surface area contributed by atoms with Crippen molar-refractivity contribution in [2.45, 2.75) is 31.1 Å². The molecule has 9 nitrogen and oxygen atoms in total. The Balaban J connectivity index is 1.38. The minimum Gasteiger partial charge on any atom is -0.354 e. The number of nitrogens with zero attached hydrogens (tertiary/aromatic N) is 4. The third-order valence-corrected chi connectivity index (χ3v) is 7.36. The fraction of sp³-hybridized carbons (Fsp3) is 0.706. The topological polar surface area (TPSA) is 102 Å². The average Bonchev–Trinajstić information content (AvgIpc) is 3.28. The largest absolute Gasteiger partial charge is 0.354 e. The molecular weight excluding hydrogens is 372 g/mol. The van der Waals surface area contributed by atoms with Crippen molar-refractivity contribution >= 4 is 21.6 Å². The quantitative estimate of drug-likeness (QED) is 0.708. The number of likely N-dealkylation sites (tertiary alicyclic amines) is 1. The van der Waals surface area contributed by atoms with E-state index >= 15 is 0 Å². The first kappa shape index (κ1) is 18.6. The molecule has 1 amide bonds. The van der Waals surface area contributed by atoms with Crippen LogP contribution in [0.2, 0.25) is 0 Å². The Morgan fingerprint density at radius 3 is 2.48 bits per heavy atom. The van der Waals surface area contributed by atoms with Gasteiger partial charge in [0.05, 0.1) is 24.7 Å². The van der Waals surface area contributed by atoms with Gasteiger partial charge in [-0.3, -0.25) is 4.79 Å². The Morgan fingerprint density at radius 2 is 1.93 bits per heavy atom. The van der Waals surface area contributed by atoms with Gasteiger partial charge in [0.2, 0.25) is 0 Å². The predicted molar refractivity (Wildman–Crippen MR) is 97.3 cm³/mol. The maximum absolute atomic E-state index is 12.7. The molecule has 3 aliphatic heterocycles. The summed E-state index contributed by atoms with van der Waals surface area (Å²) in [7, 11) is -1.16. The van der Waals surface area contributed by atoms with Gasteiger partial charge >= 0.3 is 0 Å². The van der Waals surface area contributed by atoms with Crippen LogP contribution in [0.1, 0.15) is 29.8 Å². The van der Waals surface area contributed by atoms with E-state index < -0.39 is 15.6 Å². The summed E-state index contributed by atoms with van der Waals surface area (Å²) in [4.78, 5) is 16.2. The highest BCUT2D eigenvalue weighted by molar-refractivity contribution is 7.91. The van der Waals surface area contributed by atoms with Crippen LogP contribution < -0.4 is 4.90 Å². The van der Waals surface area contributed by atoms with Gasteiger partial charge in [0, 0.05) is 39.0 Å². The fourth-order valence-corrected chi connectivity index (χ4v) is 5.67. The molecule has 10 heteroatoms. The first-order valence-electron chi connectivity index (χ1n) is 9.22. The number of hydrogen-bond donors (Lipinski definition) is 0. The number of aromatic nitrogens is 2. The van der Waals surface area contributed by atoms with Gasteiger partial charge in [-0.1, -0.05) is 0 Å². The van der Waals surface area contributed by atoms with Crippen molar-refractivity contribution in [2.24, 2.45) is 0 Å². The molecule has 0 aliphatic carbocycles. The zero-order valence-electron chi connectivity index (χ0n) is 15.3. The number of rotatable bonds is 3. The maximum Gasteiger partial charge on any atom is 0.274 e. The third-order valence-electron chi connectivity index (χ3n) is 5.61. The average molecular weight is 396 g/mol. The molecule has 1 spiro atoms. The highest BCUT2D eigenvalue weighted by atomic mass is 32.2. The number of sulfone groups is 1. The lowest BCUT2D eigenvalue weighted by Gasteiger charge is -2.37. The first-order valence-corrected chi connectivity index (χ1v) is 11.0. The molecule has 1 unspecified atom stereocenters. The van der Waals surface area contributed by atoms with E-state index in [0.717, 1.165) is 0 Å². The van der Waals surface area contributed by atoms with Crippen LogP contribution in [0.25, 0.3) is 0 Å². The van der Waals surface area contributed by atoms with Gasteiger partial charge < -0.3 is 19.3 Å². The molecule has 0 radical (unpaired) electrons. The molecule has 3 fully saturated rings. The lowest BCUT2D eigenvalue weighted by molar-refractivity contribution is -0.181. The van der Waals surface area contributed by atoms with Crippen molar-refractivity contribution < 1.29 is 22.7 Å². The van der Waals surface area contributed by atoms with Crippen LogP contribution in [0, 0.1) is 0 Å². The summed E-state index contributed by atoms with van der Waals surface area (Å²) in [5, 5.41) is 8.22. The molecular formula is C17H24N4O5S. The fourth-order valence-electron chi connectivity index (χ4n) is 3.89. The van der Waals surface area contributed by atoms with Gasteiger partial charge in [0.15, 0.2) is 27.1 Å². The van der Waals surface area contributed by atoms with E-state index in [0.29, 0.717) is 51.4 Å². The van der Waals surface area contributed by atoms with E-state index in [-0.39, 0.29) is 29.1 Å². The van der Waals surface area contributed by atoms with Crippen LogP contribution in [0.4, 0.5) is 5.82 Å². The number of carbonyl (C=O) groups excluding carboxylic acids is 1. The molecule has 0 N–H and O–H groups in total. The van der Waals surface area contributed by atoms with Crippen molar-refractivity contribution in [2.75, 3.05) is 49.8 Å². The maximum atomic E-state index is 12.7. The summed E-state index contributed by atoms with van der Waals surface area (Å²) in [6.07, 6.45) is 1.90. The summed E-state index contributed by atoms with van der Waals surface area (Å²) in [6.45, 7) is 2.33. The lowest BCUT2D eigenvalue weighted by atomic mass is 10.0. The molecule has 0 aromatic carbocycles. The van der Waals surface area contributed by atoms with Crippen LogP contribution in [0.15, 0.2) is 12.1 Å². The molecule has 1 aromatic rings. The van der Waals surface area contributed by atoms with E-state index in [9.17, 15) is 13.2 Å².